The third-order valence-electron chi connectivity index (χ3n) is 4.03. The Bertz CT molecular complexity index is 313. The zero-order valence-electron chi connectivity index (χ0n) is 12.7. The molecule has 0 heterocycles. The van der Waals surface area contributed by atoms with Gasteiger partial charge in [-0.25, -0.2) is 0 Å². The fourth-order valence-electron chi connectivity index (χ4n) is 3.18. The molecule has 0 aromatic carbocycles. The van der Waals surface area contributed by atoms with E-state index >= 15 is 0 Å². The molecule has 1 saturated carbocycles. The molecular weight excluding hydrogens is 242 g/mol. The van der Waals surface area contributed by atoms with Gasteiger partial charge < -0.3 is 15.6 Å². The van der Waals surface area contributed by atoms with Gasteiger partial charge in [-0.15, -0.1) is 0 Å². The van der Waals surface area contributed by atoms with Gasteiger partial charge in [0.15, 0.2) is 0 Å². The minimum Gasteiger partial charge on any atom is -0.480 e. The summed E-state index contributed by atoms with van der Waals surface area (Å²) in [6.07, 6.45) is 4.93. The number of ether oxygens (including phenoxy) is 1. The lowest BCUT2D eigenvalue weighted by Gasteiger charge is -2.38. The molecule has 0 radical (unpaired) electrons. The molecular formula is C15H29NO3. The number of carbonyl (C=O) groups is 1. The van der Waals surface area contributed by atoms with Gasteiger partial charge in [0, 0.05) is 6.61 Å². The average molecular weight is 271 g/mol. The van der Waals surface area contributed by atoms with Crippen LogP contribution in [0.5, 0.6) is 0 Å². The Morgan fingerprint density at radius 3 is 2.63 bits per heavy atom. The molecule has 3 unspecified atom stereocenters. The molecule has 112 valence electrons. The summed E-state index contributed by atoms with van der Waals surface area (Å²) in [5.41, 5.74) is 4.91. The Morgan fingerprint density at radius 1 is 1.47 bits per heavy atom. The van der Waals surface area contributed by atoms with Crippen molar-refractivity contribution >= 4 is 5.97 Å². The van der Waals surface area contributed by atoms with Gasteiger partial charge in [-0.05, 0) is 50.4 Å². The lowest BCUT2D eigenvalue weighted by atomic mass is 9.71. The fraction of sp³-hybridized carbons (Fsp3) is 0.933. The molecule has 0 aliphatic heterocycles. The van der Waals surface area contributed by atoms with E-state index in [1.165, 1.54) is 6.42 Å². The van der Waals surface area contributed by atoms with Crippen LogP contribution in [-0.4, -0.2) is 29.3 Å². The summed E-state index contributed by atoms with van der Waals surface area (Å²) in [7, 11) is 0. The number of rotatable bonds is 6. The summed E-state index contributed by atoms with van der Waals surface area (Å²) >= 11 is 0. The number of hydrogen-bond acceptors (Lipinski definition) is 3. The first-order chi connectivity index (χ1) is 8.62. The van der Waals surface area contributed by atoms with Crippen LogP contribution in [0, 0.1) is 11.3 Å². The molecule has 0 saturated heterocycles. The second-order valence-corrected chi connectivity index (χ2v) is 7.23. The SMILES string of the molecule is CC1CC(OCCCC(C)(N)C(=O)O)CC(C)(C)C1. The van der Waals surface area contributed by atoms with Crippen LogP contribution < -0.4 is 5.73 Å². The van der Waals surface area contributed by atoms with Crippen molar-refractivity contribution in [3.05, 3.63) is 0 Å². The maximum absolute atomic E-state index is 10.9. The van der Waals surface area contributed by atoms with E-state index in [1.807, 2.05) is 0 Å². The average Bonchev–Trinajstić information content (AvgIpc) is 2.21. The van der Waals surface area contributed by atoms with E-state index in [0.29, 0.717) is 36.9 Å². The van der Waals surface area contributed by atoms with Gasteiger partial charge in [0.2, 0.25) is 0 Å². The molecule has 4 heteroatoms. The van der Waals surface area contributed by atoms with Crippen LogP contribution in [0.2, 0.25) is 0 Å². The van der Waals surface area contributed by atoms with E-state index in [-0.39, 0.29) is 0 Å². The predicted molar refractivity (Wildman–Crippen MR) is 76.0 cm³/mol. The van der Waals surface area contributed by atoms with Crippen LogP contribution in [0.4, 0.5) is 0 Å². The predicted octanol–water partition coefficient (Wildman–Crippen LogP) is 2.80. The topological polar surface area (TPSA) is 72.5 Å². The second kappa shape index (κ2) is 6.23. The van der Waals surface area contributed by atoms with Gasteiger partial charge in [0.05, 0.1) is 6.10 Å². The highest BCUT2D eigenvalue weighted by molar-refractivity contribution is 5.77. The number of nitrogens with two attached hydrogens (primary N) is 1. The van der Waals surface area contributed by atoms with E-state index < -0.39 is 11.5 Å². The smallest absolute Gasteiger partial charge is 0.323 e. The van der Waals surface area contributed by atoms with Gasteiger partial charge in [0.25, 0.3) is 0 Å². The van der Waals surface area contributed by atoms with Crippen LogP contribution in [0.3, 0.4) is 0 Å². The van der Waals surface area contributed by atoms with Gasteiger partial charge in [-0.3, -0.25) is 4.79 Å². The summed E-state index contributed by atoms with van der Waals surface area (Å²) < 4.78 is 5.92. The molecule has 1 rings (SSSR count). The van der Waals surface area contributed by atoms with Crippen LogP contribution in [0.25, 0.3) is 0 Å². The van der Waals surface area contributed by atoms with E-state index in [4.69, 9.17) is 15.6 Å². The number of carboxylic acid groups (broad SMARTS) is 1. The molecule has 4 nitrogen and oxygen atoms in total. The number of aliphatic carboxylic acids is 1. The molecule has 19 heavy (non-hydrogen) atoms. The highest BCUT2D eigenvalue weighted by atomic mass is 16.5. The van der Waals surface area contributed by atoms with E-state index in [0.717, 1.165) is 12.8 Å². The number of carboxylic acids is 1. The van der Waals surface area contributed by atoms with Crippen molar-refractivity contribution in [2.45, 2.75) is 71.4 Å². The lowest BCUT2D eigenvalue weighted by Crippen LogP contribution is -2.45. The van der Waals surface area contributed by atoms with Crippen LogP contribution in [0.1, 0.15) is 59.8 Å². The van der Waals surface area contributed by atoms with Crippen molar-refractivity contribution < 1.29 is 14.6 Å². The van der Waals surface area contributed by atoms with Gasteiger partial charge in [-0.1, -0.05) is 20.8 Å². The zero-order valence-corrected chi connectivity index (χ0v) is 12.7. The summed E-state index contributed by atoms with van der Waals surface area (Å²) in [6.45, 7) is 9.02. The third-order valence-corrected chi connectivity index (χ3v) is 4.03. The molecule has 0 amide bonds. The zero-order chi connectivity index (χ0) is 14.7. The molecule has 0 spiro atoms. The Morgan fingerprint density at radius 2 is 2.11 bits per heavy atom. The van der Waals surface area contributed by atoms with Gasteiger partial charge in [-0.2, -0.15) is 0 Å². The summed E-state index contributed by atoms with van der Waals surface area (Å²) in [5.74, 6) is -0.243. The van der Waals surface area contributed by atoms with Crippen LogP contribution in [0.15, 0.2) is 0 Å². The van der Waals surface area contributed by atoms with Gasteiger partial charge >= 0.3 is 5.97 Å². The minimum atomic E-state index is -1.14. The molecule has 0 aromatic rings. The maximum atomic E-state index is 10.9. The molecule has 0 bridgehead atoms. The third kappa shape index (κ3) is 5.49. The van der Waals surface area contributed by atoms with Crippen molar-refractivity contribution in [2.75, 3.05) is 6.61 Å². The van der Waals surface area contributed by atoms with Gasteiger partial charge in [0.1, 0.15) is 5.54 Å². The lowest BCUT2D eigenvalue weighted by molar-refractivity contribution is -0.143. The standard InChI is InChI=1S/C15H29NO3/c1-11-8-12(10-14(2,3)9-11)19-7-5-6-15(4,16)13(17)18/h11-12H,5-10,16H2,1-4H3,(H,17,18). The van der Waals surface area contributed by atoms with Crippen molar-refractivity contribution in [1.29, 1.82) is 0 Å². The largest absolute Gasteiger partial charge is 0.480 e. The summed E-state index contributed by atoms with van der Waals surface area (Å²) in [6, 6.07) is 0. The van der Waals surface area contributed by atoms with Crippen molar-refractivity contribution in [3.8, 4) is 0 Å². The highest BCUT2D eigenvalue weighted by Crippen LogP contribution is 2.39. The molecule has 0 aromatic heterocycles. The first kappa shape index (κ1) is 16.4. The Kier molecular flexibility index (Phi) is 5.39. The molecule has 3 atom stereocenters. The fourth-order valence-corrected chi connectivity index (χ4v) is 3.18. The first-order valence-electron chi connectivity index (χ1n) is 7.26. The minimum absolute atomic E-state index is 0.313. The molecule has 3 N–H and O–H groups in total. The maximum Gasteiger partial charge on any atom is 0.323 e. The van der Waals surface area contributed by atoms with Crippen LogP contribution in [-0.2, 0) is 9.53 Å². The van der Waals surface area contributed by atoms with E-state index in [9.17, 15) is 4.79 Å². The molecule has 1 aliphatic rings. The van der Waals surface area contributed by atoms with Crippen LogP contribution >= 0.6 is 0 Å². The summed E-state index contributed by atoms with van der Waals surface area (Å²) in [4.78, 5) is 10.9. The summed E-state index contributed by atoms with van der Waals surface area (Å²) in [5, 5.41) is 8.93. The van der Waals surface area contributed by atoms with E-state index in [1.54, 1.807) is 6.92 Å². The molecule has 1 aliphatic carbocycles. The first-order valence-corrected chi connectivity index (χ1v) is 7.26. The van der Waals surface area contributed by atoms with Crippen molar-refractivity contribution in [1.82, 2.24) is 0 Å². The quantitative estimate of drug-likeness (QED) is 0.729. The Balaban J connectivity index is 2.28. The van der Waals surface area contributed by atoms with Crippen molar-refractivity contribution in [2.24, 2.45) is 17.1 Å². The monoisotopic (exact) mass is 271 g/mol. The number of hydrogen-bond donors (Lipinski definition) is 2. The highest BCUT2D eigenvalue weighted by Gasteiger charge is 2.32. The normalized spacial score (nSPS) is 29.7. The Hall–Kier alpha value is -0.610. The Labute approximate surface area is 116 Å². The second-order valence-electron chi connectivity index (χ2n) is 7.23. The van der Waals surface area contributed by atoms with Crippen molar-refractivity contribution in [3.63, 3.8) is 0 Å². The van der Waals surface area contributed by atoms with E-state index in [2.05, 4.69) is 20.8 Å². The molecule has 1 fully saturated rings.